The van der Waals surface area contributed by atoms with Gasteiger partial charge in [-0.1, -0.05) is 0 Å². The first-order valence-corrected chi connectivity index (χ1v) is 5.62. The summed E-state index contributed by atoms with van der Waals surface area (Å²) in [5, 5.41) is 5.05. The fourth-order valence-electron chi connectivity index (χ4n) is 1.41. The first-order valence-electron chi connectivity index (χ1n) is 4.83. The van der Waals surface area contributed by atoms with E-state index in [1.54, 1.807) is 30.2 Å². The van der Waals surface area contributed by atoms with Crippen LogP contribution in [0.15, 0.2) is 23.1 Å². The molecule has 0 saturated carbocycles. The maximum atomic E-state index is 11.3. The zero-order chi connectivity index (χ0) is 11.5. The number of hydrogen-bond acceptors (Lipinski definition) is 4. The molecule has 0 spiro atoms. The van der Waals surface area contributed by atoms with E-state index in [1.165, 1.54) is 0 Å². The van der Waals surface area contributed by atoms with Gasteiger partial charge in [0.1, 0.15) is 6.54 Å². The molecule has 84 valence electrons. The van der Waals surface area contributed by atoms with Gasteiger partial charge in [0, 0.05) is 16.1 Å². The molecule has 2 heterocycles. The van der Waals surface area contributed by atoms with Gasteiger partial charge in [0.05, 0.1) is 24.5 Å². The summed E-state index contributed by atoms with van der Waals surface area (Å²) in [6, 6.07) is 0. The second kappa shape index (κ2) is 4.61. The highest BCUT2D eigenvalue weighted by Gasteiger charge is 2.09. The van der Waals surface area contributed by atoms with Crippen LogP contribution in [0.5, 0.6) is 0 Å². The van der Waals surface area contributed by atoms with Gasteiger partial charge in [-0.15, -0.1) is 0 Å². The second-order valence-electron chi connectivity index (χ2n) is 3.16. The van der Waals surface area contributed by atoms with E-state index in [9.17, 15) is 4.79 Å². The maximum absolute atomic E-state index is 11.3. The molecule has 0 aliphatic rings. The van der Waals surface area contributed by atoms with Crippen molar-refractivity contribution in [1.29, 1.82) is 0 Å². The van der Waals surface area contributed by atoms with Crippen LogP contribution in [0.2, 0.25) is 0 Å². The van der Waals surface area contributed by atoms with Crippen LogP contribution in [-0.4, -0.2) is 27.3 Å². The lowest BCUT2D eigenvalue weighted by Gasteiger charge is -2.03. The Kier molecular flexibility index (Phi) is 3.19. The molecule has 2 aromatic heterocycles. The van der Waals surface area contributed by atoms with Crippen molar-refractivity contribution >= 4 is 32.8 Å². The van der Waals surface area contributed by atoms with Gasteiger partial charge in [-0.3, -0.25) is 14.5 Å². The number of carbonyl (C=O) groups excluding carboxylic acids is 1. The van der Waals surface area contributed by atoms with Gasteiger partial charge in [-0.05, 0) is 22.9 Å². The lowest BCUT2D eigenvalue weighted by atomic mass is 10.3. The molecule has 2 rings (SSSR count). The Morgan fingerprint density at radius 3 is 3.06 bits per heavy atom. The average Bonchev–Trinajstić information content (AvgIpc) is 2.64. The quantitative estimate of drug-likeness (QED) is 0.806. The Morgan fingerprint density at radius 1 is 1.50 bits per heavy atom. The van der Waals surface area contributed by atoms with Crippen LogP contribution in [0.3, 0.4) is 0 Å². The van der Waals surface area contributed by atoms with E-state index in [0.29, 0.717) is 6.61 Å². The van der Waals surface area contributed by atoms with E-state index < -0.39 is 0 Å². The van der Waals surface area contributed by atoms with Gasteiger partial charge in [0.2, 0.25) is 0 Å². The molecule has 0 bridgehead atoms. The molecular formula is C10H10BrN3O2. The largest absolute Gasteiger partial charge is 0.465 e. The lowest BCUT2D eigenvalue weighted by molar-refractivity contribution is -0.143. The molecule has 16 heavy (non-hydrogen) atoms. The zero-order valence-electron chi connectivity index (χ0n) is 8.68. The lowest BCUT2D eigenvalue weighted by Crippen LogP contribution is -2.14. The summed E-state index contributed by atoms with van der Waals surface area (Å²) in [7, 11) is 0. The van der Waals surface area contributed by atoms with Gasteiger partial charge in [0.15, 0.2) is 0 Å². The summed E-state index contributed by atoms with van der Waals surface area (Å²) in [5.41, 5.74) is 0.808. The van der Waals surface area contributed by atoms with Crippen molar-refractivity contribution in [2.24, 2.45) is 0 Å². The van der Waals surface area contributed by atoms with Crippen LogP contribution in [0.1, 0.15) is 6.92 Å². The van der Waals surface area contributed by atoms with Crippen LogP contribution >= 0.6 is 15.9 Å². The number of hydrogen-bond donors (Lipinski definition) is 0. The van der Waals surface area contributed by atoms with Gasteiger partial charge < -0.3 is 4.74 Å². The highest BCUT2D eigenvalue weighted by Crippen LogP contribution is 2.21. The maximum Gasteiger partial charge on any atom is 0.327 e. The minimum Gasteiger partial charge on any atom is -0.465 e. The van der Waals surface area contributed by atoms with Crippen molar-refractivity contribution in [2.75, 3.05) is 6.61 Å². The van der Waals surface area contributed by atoms with Crippen LogP contribution in [0.25, 0.3) is 10.9 Å². The second-order valence-corrected chi connectivity index (χ2v) is 4.02. The molecule has 0 aromatic carbocycles. The van der Waals surface area contributed by atoms with Crippen molar-refractivity contribution < 1.29 is 9.53 Å². The highest BCUT2D eigenvalue weighted by molar-refractivity contribution is 9.10. The van der Waals surface area contributed by atoms with Gasteiger partial charge in [-0.25, -0.2) is 0 Å². The monoisotopic (exact) mass is 283 g/mol. The standard InChI is InChI=1S/C10H10BrN3O2/c1-2-16-10(15)6-14-9-5-12-4-8(11)7(9)3-13-14/h3-5H,2,6H2,1H3. The Hall–Kier alpha value is -1.43. The van der Waals surface area contributed by atoms with Gasteiger partial charge in [0.25, 0.3) is 0 Å². The van der Waals surface area contributed by atoms with E-state index in [1.807, 2.05) is 0 Å². The summed E-state index contributed by atoms with van der Waals surface area (Å²) in [4.78, 5) is 15.4. The molecule has 0 radical (unpaired) electrons. The van der Waals surface area contributed by atoms with E-state index in [0.717, 1.165) is 15.4 Å². The number of rotatable bonds is 3. The molecule has 2 aromatic rings. The normalized spacial score (nSPS) is 10.6. The van der Waals surface area contributed by atoms with Crippen LogP contribution < -0.4 is 0 Å². The van der Waals surface area contributed by atoms with Crippen LogP contribution in [-0.2, 0) is 16.1 Å². The fourth-order valence-corrected chi connectivity index (χ4v) is 1.84. The molecule has 5 nitrogen and oxygen atoms in total. The molecule has 6 heteroatoms. The van der Waals surface area contributed by atoms with E-state index in [-0.39, 0.29) is 12.5 Å². The smallest absolute Gasteiger partial charge is 0.327 e. The first-order chi connectivity index (χ1) is 7.72. The van der Waals surface area contributed by atoms with Crippen LogP contribution in [0, 0.1) is 0 Å². The summed E-state index contributed by atoms with van der Waals surface area (Å²) < 4.78 is 7.30. The summed E-state index contributed by atoms with van der Waals surface area (Å²) >= 11 is 3.38. The highest BCUT2D eigenvalue weighted by atomic mass is 79.9. The first kappa shape index (κ1) is 11.1. The van der Waals surface area contributed by atoms with E-state index in [4.69, 9.17) is 4.74 Å². The third-order valence-electron chi connectivity index (χ3n) is 2.11. The molecule has 0 atom stereocenters. The number of halogens is 1. The Morgan fingerprint density at radius 2 is 2.31 bits per heavy atom. The Balaban J connectivity index is 2.32. The van der Waals surface area contributed by atoms with E-state index >= 15 is 0 Å². The molecule has 0 unspecified atom stereocenters. The number of fused-ring (bicyclic) bond motifs is 1. The van der Waals surface area contributed by atoms with Gasteiger partial charge >= 0.3 is 5.97 Å². The SMILES string of the molecule is CCOC(=O)Cn1ncc2c(Br)cncc21. The minimum atomic E-state index is -0.299. The number of esters is 1. The van der Waals surface area contributed by atoms with Gasteiger partial charge in [-0.2, -0.15) is 5.10 Å². The Labute approximate surface area is 101 Å². The Bertz CT molecular complexity index is 524. The number of nitrogens with zero attached hydrogens (tertiary/aromatic N) is 3. The number of ether oxygens (including phenoxy) is 1. The number of carbonyl (C=O) groups is 1. The van der Waals surface area contributed by atoms with Crippen molar-refractivity contribution in [3.63, 3.8) is 0 Å². The average molecular weight is 284 g/mol. The molecular weight excluding hydrogens is 274 g/mol. The molecule has 0 aliphatic carbocycles. The third kappa shape index (κ3) is 2.06. The van der Waals surface area contributed by atoms with E-state index in [2.05, 4.69) is 26.0 Å². The van der Waals surface area contributed by atoms with Crippen LogP contribution in [0.4, 0.5) is 0 Å². The summed E-state index contributed by atoms with van der Waals surface area (Å²) in [6.45, 7) is 2.26. The molecule has 0 aliphatic heterocycles. The number of aromatic nitrogens is 3. The summed E-state index contributed by atoms with van der Waals surface area (Å²) in [5.74, 6) is -0.299. The van der Waals surface area contributed by atoms with Crippen molar-refractivity contribution in [3.8, 4) is 0 Å². The van der Waals surface area contributed by atoms with Crippen molar-refractivity contribution in [1.82, 2.24) is 14.8 Å². The molecule has 0 saturated heterocycles. The van der Waals surface area contributed by atoms with Crippen molar-refractivity contribution in [3.05, 3.63) is 23.1 Å². The fraction of sp³-hybridized carbons (Fsp3) is 0.300. The zero-order valence-corrected chi connectivity index (χ0v) is 10.3. The minimum absolute atomic E-state index is 0.107. The molecule has 0 N–H and O–H groups in total. The number of pyridine rings is 1. The van der Waals surface area contributed by atoms with Crippen molar-refractivity contribution in [2.45, 2.75) is 13.5 Å². The topological polar surface area (TPSA) is 57.0 Å². The molecule has 0 amide bonds. The predicted molar refractivity (Wildman–Crippen MR) is 61.9 cm³/mol. The predicted octanol–water partition coefficient (Wildman–Crippen LogP) is 1.76. The molecule has 0 fully saturated rings. The summed E-state index contributed by atoms with van der Waals surface area (Å²) in [6.07, 6.45) is 5.06. The third-order valence-corrected chi connectivity index (χ3v) is 2.74.